The van der Waals surface area contributed by atoms with Crippen LogP contribution in [-0.4, -0.2) is 30.8 Å². The number of hydrogen-bond acceptors (Lipinski definition) is 3. The highest BCUT2D eigenvalue weighted by molar-refractivity contribution is 5.94. The highest BCUT2D eigenvalue weighted by atomic mass is 19.1. The Hall–Kier alpha value is -1.62. The average Bonchev–Trinajstić information content (AvgIpc) is 3.14. The smallest absolute Gasteiger partial charge is 0.337 e. The molecule has 5 heteroatoms. The molecule has 18 heavy (non-hydrogen) atoms. The Labute approximate surface area is 105 Å². The van der Waals surface area contributed by atoms with Gasteiger partial charge in [-0.3, -0.25) is 0 Å². The van der Waals surface area contributed by atoms with Crippen molar-refractivity contribution >= 4 is 11.7 Å². The number of halogens is 1. The van der Waals surface area contributed by atoms with Gasteiger partial charge in [0.05, 0.1) is 12.2 Å². The van der Waals surface area contributed by atoms with Crippen LogP contribution in [0.5, 0.6) is 0 Å². The van der Waals surface area contributed by atoms with Crippen LogP contribution in [0.4, 0.5) is 10.1 Å². The molecular weight excluding hydrogens is 237 g/mol. The Morgan fingerprint density at radius 1 is 1.50 bits per heavy atom. The summed E-state index contributed by atoms with van der Waals surface area (Å²) in [5.41, 5.74) is 0.358. The molecule has 4 nitrogen and oxygen atoms in total. The number of carbonyl (C=O) groups is 1. The van der Waals surface area contributed by atoms with E-state index in [1.807, 2.05) is 0 Å². The second-order valence-corrected chi connectivity index (χ2v) is 4.44. The van der Waals surface area contributed by atoms with Crippen LogP contribution >= 0.6 is 0 Å². The summed E-state index contributed by atoms with van der Waals surface area (Å²) in [7, 11) is 0. The van der Waals surface area contributed by atoms with Gasteiger partial charge in [0.15, 0.2) is 0 Å². The molecule has 0 amide bonds. The van der Waals surface area contributed by atoms with Crippen LogP contribution in [0.2, 0.25) is 0 Å². The first kappa shape index (κ1) is 12.8. The Kier molecular flexibility index (Phi) is 4.15. The molecule has 0 aromatic heterocycles. The van der Waals surface area contributed by atoms with Crippen molar-refractivity contribution in [1.29, 1.82) is 0 Å². The zero-order valence-electron chi connectivity index (χ0n) is 9.99. The average molecular weight is 253 g/mol. The molecule has 1 saturated carbocycles. The molecule has 0 atom stereocenters. The Bertz CT molecular complexity index is 432. The van der Waals surface area contributed by atoms with Crippen LogP contribution in [0.3, 0.4) is 0 Å². The van der Waals surface area contributed by atoms with Crippen molar-refractivity contribution < 1.29 is 19.0 Å². The van der Waals surface area contributed by atoms with Gasteiger partial charge >= 0.3 is 5.97 Å². The zero-order valence-corrected chi connectivity index (χ0v) is 9.99. The molecular formula is C13H16FNO3. The van der Waals surface area contributed by atoms with Crippen molar-refractivity contribution in [3.05, 3.63) is 29.6 Å². The summed E-state index contributed by atoms with van der Waals surface area (Å²) in [6.07, 6.45) is 2.49. The van der Waals surface area contributed by atoms with E-state index in [0.717, 1.165) is 12.7 Å². The number of carboxylic acid groups (broad SMARTS) is 1. The number of carboxylic acids is 1. The maximum absolute atomic E-state index is 12.9. The van der Waals surface area contributed by atoms with Crippen molar-refractivity contribution in [2.24, 2.45) is 5.92 Å². The fraction of sp³-hybridized carbons (Fsp3) is 0.462. The van der Waals surface area contributed by atoms with E-state index in [1.165, 1.54) is 25.0 Å². The molecule has 0 heterocycles. The minimum Gasteiger partial charge on any atom is -0.478 e. The van der Waals surface area contributed by atoms with Gasteiger partial charge in [-0.05, 0) is 37.0 Å². The van der Waals surface area contributed by atoms with Crippen molar-refractivity contribution in [2.75, 3.05) is 25.1 Å². The quantitative estimate of drug-likeness (QED) is 0.732. The summed E-state index contributed by atoms with van der Waals surface area (Å²) in [4.78, 5) is 10.9. The van der Waals surface area contributed by atoms with Crippen molar-refractivity contribution in [3.63, 3.8) is 0 Å². The van der Waals surface area contributed by atoms with E-state index in [4.69, 9.17) is 9.84 Å². The second kappa shape index (κ2) is 5.82. The van der Waals surface area contributed by atoms with Gasteiger partial charge in [0.25, 0.3) is 0 Å². The fourth-order valence-corrected chi connectivity index (χ4v) is 1.64. The number of rotatable bonds is 7. The summed E-state index contributed by atoms with van der Waals surface area (Å²) in [6, 6.07) is 3.68. The summed E-state index contributed by atoms with van der Waals surface area (Å²) in [5, 5.41) is 11.9. The van der Waals surface area contributed by atoms with E-state index in [2.05, 4.69) is 5.32 Å². The predicted molar refractivity (Wildman–Crippen MR) is 65.4 cm³/mol. The van der Waals surface area contributed by atoms with Crippen LogP contribution in [0.1, 0.15) is 23.2 Å². The van der Waals surface area contributed by atoms with E-state index in [9.17, 15) is 9.18 Å². The van der Waals surface area contributed by atoms with E-state index >= 15 is 0 Å². The van der Waals surface area contributed by atoms with E-state index < -0.39 is 11.8 Å². The number of benzene rings is 1. The molecule has 0 aliphatic heterocycles. The number of nitrogens with one attached hydrogen (secondary N) is 1. The van der Waals surface area contributed by atoms with E-state index in [0.29, 0.717) is 24.8 Å². The van der Waals surface area contributed by atoms with E-state index in [-0.39, 0.29) is 5.56 Å². The maximum Gasteiger partial charge on any atom is 0.337 e. The van der Waals surface area contributed by atoms with Gasteiger partial charge < -0.3 is 15.2 Å². The molecule has 1 aliphatic carbocycles. The molecule has 1 aromatic rings. The first-order valence-electron chi connectivity index (χ1n) is 6.01. The molecule has 0 radical (unpaired) electrons. The molecule has 0 bridgehead atoms. The number of ether oxygens (including phenoxy) is 1. The fourth-order valence-electron chi connectivity index (χ4n) is 1.64. The lowest BCUT2D eigenvalue weighted by molar-refractivity contribution is 0.0697. The zero-order chi connectivity index (χ0) is 13.0. The standard InChI is InChI=1S/C13H16FNO3/c14-10-3-4-12(11(7-10)13(16)17)15-5-6-18-8-9-1-2-9/h3-4,7,9,15H,1-2,5-6,8H2,(H,16,17). The monoisotopic (exact) mass is 253 g/mol. The van der Waals surface area contributed by atoms with Gasteiger partial charge in [-0.2, -0.15) is 0 Å². The lowest BCUT2D eigenvalue weighted by Crippen LogP contribution is -2.13. The number of hydrogen-bond donors (Lipinski definition) is 2. The predicted octanol–water partition coefficient (Wildman–Crippen LogP) is 2.36. The molecule has 1 aliphatic rings. The largest absolute Gasteiger partial charge is 0.478 e. The topological polar surface area (TPSA) is 58.6 Å². The third kappa shape index (κ3) is 3.70. The molecule has 0 spiro atoms. The van der Waals surface area contributed by atoms with E-state index in [1.54, 1.807) is 0 Å². The molecule has 2 rings (SSSR count). The molecule has 98 valence electrons. The van der Waals surface area contributed by atoms with Gasteiger partial charge in [-0.15, -0.1) is 0 Å². The molecule has 1 fully saturated rings. The molecule has 1 aromatic carbocycles. The molecule has 2 N–H and O–H groups in total. The highest BCUT2D eigenvalue weighted by Crippen LogP contribution is 2.28. The van der Waals surface area contributed by atoms with Gasteiger partial charge in [-0.25, -0.2) is 9.18 Å². The summed E-state index contributed by atoms with van der Waals surface area (Å²) in [5.74, 6) is -0.982. The maximum atomic E-state index is 12.9. The SMILES string of the molecule is O=C(O)c1cc(F)ccc1NCCOCC1CC1. The summed E-state index contributed by atoms with van der Waals surface area (Å²) < 4.78 is 18.3. The number of aromatic carboxylic acids is 1. The minimum absolute atomic E-state index is 0.0582. The van der Waals surface area contributed by atoms with Gasteiger partial charge in [0, 0.05) is 18.8 Å². The Morgan fingerprint density at radius 2 is 2.28 bits per heavy atom. The third-order valence-electron chi connectivity index (χ3n) is 2.82. The normalized spacial score (nSPS) is 14.5. The lowest BCUT2D eigenvalue weighted by Gasteiger charge is -2.10. The van der Waals surface area contributed by atoms with Gasteiger partial charge in [0.1, 0.15) is 5.82 Å². The van der Waals surface area contributed by atoms with Crippen molar-refractivity contribution in [3.8, 4) is 0 Å². The molecule has 0 unspecified atom stereocenters. The highest BCUT2D eigenvalue weighted by Gasteiger charge is 2.20. The van der Waals surface area contributed by atoms with Crippen LogP contribution < -0.4 is 5.32 Å². The van der Waals surface area contributed by atoms with Crippen LogP contribution in [0.15, 0.2) is 18.2 Å². The third-order valence-corrected chi connectivity index (χ3v) is 2.82. The first-order chi connectivity index (χ1) is 8.66. The van der Waals surface area contributed by atoms with Crippen LogP contribution in [0.25, 0.3) is 0 Å². The second-order valence-electron chi connectivity index (χ2n) is 4.44. The van der Waals surface area contributed by atoms with Gasteiger partial charge in [0.2, 0.25) is 0 Å². The minimum atomic E-state index is -1.14. The van der Waals surface area contributed by atoms with Gasteiger partial charge in [-0.1, -0.05) is 0 Å². The van der Waals surface area contributed by atoms with Crippen molar-refractivity contribution in [1.82, 2.24) is 0 Å². The first-order valence-corrected chi connectivity index (χ1v) is 6.01. The number of anilines is 1. The van der Waals surface area contributed by atoms with Crippen LogP contribution in [-0.2, 0) is 4.74 Å². The Balaban J connectivity index is 1.81. The molecule has 0 saturated heterocycles. The summed E-state index contributed by atoms with van der Waals surface area (Å²) in [6.45, 7) is 1.81. The summed E-state index contributed by atoms with van der Waals surface area (Å²) >= 11 is 0. The lowest BCUT2D eigenvalue weighted by atomic mass is 10.1. The Morgan fingerprint density at radius 3 is 2.94 bits per heavy atom. The van der Waals surface area contributed by atoms with Crippen LogP contribution in [0, 0.1) is 11.7 Å². The van der Waals surface area contributed by atoms with Crippen molar-refractivity contribution in [2.45, 2.75) is 12.8 Å².